The molecule has 0 unspecified atom stereocenters. The quantitative estimate of drug-likeness (QED) is 0.147. The molecular formula is C29H40N8O8. The van der Waals surface area contributed by atoms with Crippen LogP contribution in [0.2, 0.25) is 0 Å². The highest BCUT2D eigenvalue weighted by atomic mass is 16.2. The monoisotopic (exact) mass is 628 g/mol. The van der Waals surface area contributed by atoms with Gasteiger partial charge in [-0.3, -0.25) is 28.8 Å². The molecule has 3 fully saturated rings. The van der Waals surface area contributed by atoms with E-state index in [1.807, 2.05) is 12.1 Å². The van der Waals surface area contributed by atoms with E-state index in [0.29, 0.717) is 19.5 Å². The van der Waals surface area contributed by atoms with Crippen LogP contribution in [-0.4, -0.2) is 83.6 Å². The van der Waals surface area contributed by atoms with Crippen LogP contribution in [0.25, 0.3) is 0 Å². The van der Waals surface area contributed by atoms with Crippen LogP contribution in [0.5, 0.6) is 0 Å². The lowest BCUT2D eigenvalue weighted by Gasteiger charge is -2.39. The van der Waals surface area contributed by atoms with Gasteiger partial charge in [0.2, 0.25) is 29.5 Å². The van der Waals surface area contributed by atoms with Crippen LogP contribution in [0.4, 0.5) is 0 Å². The maximum Gasteiger partial charge on any atom is 0.373 e. The molecule has 45 heavy (non-hydrogen) atoms. The summed E-state index contributed by atoms with van der Waals surface area (Å²) in [5.74, 6) is -2.86. The Labute approximate surface area is 260 Å². The van der Waals surface area contributed by atoms with Crippen LogP contribution in [0.3, 0.4) is 0 Å². The van der Waals surface area contributed by atoms with Crippen molar-refractivity contribution in [3.63, 3.8) is 0 Å². The van der Waals surface area contributed by atoms with Gasteiger partial charge in [-0.15, -0.1) is 0 Å². The molecule has 1 aromatic rings. The Kier molecular flexibility index (Phi) is 14.4. The van der Waals surface area contributed by atoms with Crippen LogP contribution < -0.4 is 38.1 Å². The number of hydrogen-bond donors (Lipinski definition) is 7. The molecule has 244 valence electrons. The standard InChI is InChI=1S/C28H40N8O6.CO2/c1-16-26(40)32-14-22-27(41)35-21(28(42)36(22)15-19-7-5-18(13-29)6-8-19)12-25(39)34-20(4-3-11-31-17(2)30)23(37)9-10-24(38)33-16;2-1-3/h5-8,16,20-22,31H,2-4,9-15,29-30H2,1H3,(H,32,40)(H,33,38)(H,34,39)(H,35,41);/t16-,20-,21+,22-;/m0./s1. The first-order chi connectivity index (χ1) is 21.4. The van der Waals surface area contributed by atoms with E-state index in [-0.39, 0.29) is 50.1 Å². The van der Waals surface area contributed by atoms with Gasteiger partial charge in [-0.05, 0) is 30.9 Å². The molecule has 4 rings (SSSR count). The maximum absolute atomic E-state index is 13.6. The molecule has 3 heterocycles. The molecule has 9 N–H and O–H groups in total. The van der Waals surface area contributed by atoms with Crippen LogP contribution in [0.15, 0.2) is 36.7 Å². The molecule has 3 aliphatic rings. The Hall–Kier alpha value is -5.08. The smallest absolute Gasteiger partial charge is 0.373 e. The summed E-state index contributed by atoms with van der Waals surface area (Å²) in [5.41, 5.74) is 12.8. The van der Waals surface area contributed by atoms with Crippen LogP contribution in [0, 0.1) is 0 Å². The van der Waals surface area contributed by atoms with Gasteiger partial charge in [-0.1, -0.05) is 30.8 Å². The molecule has 16 nitrogen and oxygen atoms in total. The largest absolute Gasteiger partial charge is 0.386 e. The number of ketones is 1. The fourth-order valence-corrected chi connectivity index (χ4v) is 4.78. The van der Waals surface area contributed by atoms with Crippen molar-refractivity contribution in [3.8, 4) is 0 Å². The third-order valence-corrected chi connectivity index (χ3v) is 7.16. The Morgan fingerprint density at radius 2 is 1.62 bits per heavy atom. The summed E-state index contributed by atoms with van der Waals surface area (Å²) in [6, 6.07) is 3.07. The molecule has 0 aromatic heterocycles. The molecule has 5 amide bonds. The van der Waals surface area contributed by atoms with Gasteiger partial charge in [0.1, 0.15) is 18.1 Å². The number of nitrogens with one attached hydrogen (secondary N) is 5. The number of hydrogen-bond acceptors (Lipinski definition) is 11. The number of nitrogens with zero attached hydrogens (tertiary/aromatic N) is 1. The summed E-state index contributed by atoms with van der Waals surface area (Å²) in [5, 5.41) is 13.3. The summed E-state index contributed by atoms with van der Waals surface area (Å²) in [7, 11) is 0. The first-order valence-corrected chi connectivity index (χ1v) is 14.4. The number of Topliss-reactive ketones (excluding diaryl/α,β-unsaturated/α-hetero) is 1. The molecule has 16 heteroatoms. The first kappa shape index (κ1) is 36.1. The molecule has 4 atom stereocenters. The summed E-state index contributed by atoms with van der Waals surface area (Å²) in [6.45, 7) is 5.61. The second-order valence-electron chi connectivity index (χ2n) is 10.6. The van der Waals surface area contributed by atoms with Crippen molar-refractivity contribution < 1.29 is 38.4 Å². The van der Waals surface area contributed by atoms with E-state index in [9.17, 15) is 28.8 Å². The summed E-state index contributed by atoms with van der Waals surface area (Å²) >= 11 is 0. The Balaban J connectivity index is 0.00000226. The molecule has 0 radical (unpaired) electrons. The number of benzene rings is 1. The molecule has 3 saturated heterocycles. The third kappa shape index (κ3) is 11.5. The minimum Gasteiger partial charge on any atom is -0.386 e. The number of carbonyl (C=O) groups excluding carboxylic acids is 8. The van der Waals surface area contributed by atoms with Crippen molar-refractivity contribution in [2.75, 3.05) is 13.1 Å². The van der Waals surface area contributed by atoms with E-state index in [1.165, 1.54) is 11.8 Å². The van der Waals surface area contributed by atoms with E-state index in [4.69, 9.17) is 21.1 Å². The van der Waals surface area contributed by atoms with E-state index >= 15 is 0 Å². The second kappa shape index (κ2) is 17.9. The van der Waals surface area contributed by atoms with Crippen molar-refractivity contribution in [3.05, 3.63) is 47.8 Å². The zero-order valence-electron chi connectivity index (χ0n) is 25.1. The van der Waals surface area contributed by atoms with E-state index in [1.54, 1.807) is 12.1 Å². The van der Waals surface area contributed by atoms with Crippen molar-refractivity contribution in [1.29, 1.82) is 0 Å². The first-order valence-electron chi connectivity index (χ1n) is 14.4. The van der Waals surface area contributed by atoms with Gasteiger partial charge in [0.15, 0.2) is 5.78 Å². The van der Waals surface area contributed by atoms with Crippen molar-refractivity contribution in [2.45, 2.75) is 76.3 Å². The van der Waals surface area contributed by atoms with Gasteiger partial charge >= 0.3 is 6.15 Å². The highest BCUT2D eigenvalue weighted by Gasteiger charge is 2.42. The zero-order valence-corrected chi connectivity index (χ0v) is 25.1. The number of piperazine rings is 1. The van der Waals surface area contributed by atoms with Gasteiger partial charge in [-0.25, -0.2) is 0 Å². The third-order valence-electron chi connectivity index (χ3n) is 7.16. The van der Waals surface area contributed by atoms with E-state index in [0.717, 1.165) is 11.1 Å². The average molecular weight is 629 g/mol. The Bertz CT molecular complexity index is 1300. The lowest BCUT2D eigenvalue weighted by Crippen LogP contribution is -2.66. The molecule has 0 aliphatic carbocycles. The number of amides is 5. The lowest BCUT2D eigenvalue weighted by molar-refractivity contribution is -0.191. The van der Waals surface area contributed by atoms with Gasteiger partial charge in [0, 0.05) is 39.0 Å². The highest BCUT2D eigenvalue weighted by molar-refractivity contribution is 6.00. The van der Waals surface area contributed by atoms with Gasteiger partial charge in [0.05, 0.1) is 18.3 Å². The van der Waals surface area contributed by atoms with Gasteiger partial charge in [-0.2, -0.15) is 9.59 Å². The van der Waals surface area contributed by atoms with Crippen molar-refractivity contribution in [1.82, 2.24) is 31.5 Å². The van der Waals surface area contributed by atoms with E-state index in [2.05, 4.69) is 33.2 Å². The van der Waals surface area contributed by atoms with E-state index < -0.39 is 60.1 Å². The number of fused-ring (bicyclic) bond motifs is 14. The molecule has 1 aromatic carbocycles. The Morgan fingerprint density at radius 3 is 2.24 bits per heavy atom. The fraction of sp³-hybridized carbons (Fsp3) is 0.483. The zero-order chi connectivity index (χ0) is 33.5. The number of rotatable bonds is 8. The lowest BCUT2D eigenvalue weighted by atomic mass is 10.00. The summed E-state index contributed by atoms with van der Waals surface area (Å²) in [6.07, 6.45) is 0.198. The number of nitrogens with two attached hydrogens (primary N) is 2. The predicted molar refractivity (Wildman–Crippen MR) is 158 cm³/mol. The maximum atomic E-state index is 13.6. The van der Waals surface area contributed by atoms with Crippen LogP contribution in [0.1, 0.15) is 50.2 Å². The Morgan fingerprint density at radius 1 is 0.978 bits per heavy atom. The van der Waals surface area contributed by atoms with Crippen molar-refractivity contribution >= 4 is 41.5 Å². The molecule has 3 aliphatic heterocycles. The average Bonchev–Trinajstić information content (AvgIpc) is 2.99. The van der Waals surface area contributed by atoms with Gasteiger partial charge in [0.25, 0.3) is 0 Å². The minimum absolute atomic E-state index is 0.0442. The predicted octanol–water partition coefficient (Wildman–Crippen LogP) is -2.58. The summed E-state index contributed by atoms with van der Waals surface area (Å²) in [4.78, 5) is 95.7. The number of carbonyl (C=O) groups is 6. The normalized spacial score (nSPS) is 22.8. The fourth-order valence-electron chi connectivity index (χ4n) is 4.78. The summed E-state index contributed by atoms with van der Waals surface area (Å²) < 4.78 is 0. The topological polar surface area (TPSA) is 252 Å². The highest BCUT2D eigenvalue weighted by Crippen LogP contribution is 2.18. The second-order valence-corrected chi connectivity index (χ2v) is 10.6. The SMILES string of the molecule is C=C(N)NCCC[C@@H]1NC(=O)C[C@H]2NC(=O)[C@H](CNC(=O)[C@H](C)NC(=O)CCC1=O)N(Cc1ccc(CN)cc1)C2=O.O=C=O. The molecular weight excluding hydrogens is 588 g/mol. The van der Waals surface area contributed by atoms with Gasteiger partial charge < -0.3 is 43.0 Å². The molecule has 2 bridgehead atoms. The van der Waals surface area contributed by atoms with Crippen molar-refractivity contribution in [2.24, 2.45) is 11.5 Å². The minimum atomic E-state index is -1.18. The van der Waals surface area contributed by atoms with Crippen LogP contribution >= 0.6 is 0 Å². The molecule has 0 saturated carbocycles. The van der Waals surface area contributed by atoms with Crippen LogP contribution in [-0.2, 0) is 51.4 Å². The molecule has 0 spiro atoms.